The third-order valence-electron chi connectivity index (χ3n) is 1.50. The molecule has 1 aliphatic rings. The third kappa shape index (κ3) is 1.46. The monoisotopic (exact) mass is 114 g/mol. The molecule has 8 heavy (non-hydrogen) atoms. The summed E-state index contributed by atoms with van der Waals surface area (Å²) in [6, 6.07) is 0. The van der Waals surface area contributed by atoms with E-state index in [-0.39, 0.29) is 0 Å². The van der Waals surface area contributed by atoms with E-state index in [0.29, 0.717) is 0 Å². The normalized spacial score (nSPS) is 20.6. The van der Waals surface area contributed by atoms with Gasteiger partial charge in [0.2, 0.25) is 0 Å². The molecule has 0 spiro atoms. The van der Waals surface area contributed by atoms with E-state index in [4.69, 9.17) is 0 Å². The maximum atomic E-state index is 3.21. The zero-order valence-corrected chi connectivity index (χ0v) is 5.48. The largest absolute Gasteiger partial charge is 0.254 e. The van der Waals surface area contributed by atoms with Crippen molar-refractivity contribution in [3.63, 3.8) is 0 Å². The molecule has 1 N–H and O–H groups in total. The zero-order valence-electron chi connectivity index (χ0n) is 5.48. The smallest absolute Gasteiger partial charge is 0.0270 e. The fourth-order valence-electron chi connectivity index (χ4n) is 0.810. The van der Waals surface area contributed by atoms with Crippen molar-refractivity contribution in [1.29, 1.82) is 0 Å². The molecule has 1 fully saturated rings. The molecule has 1 heterocycles. The van der Waals surface area contributed by atoms with E-state index < -0.39 is 0 Å². The molecule has 0 aromatic heterocycles. The molecule has 48 valence electrons. The summed E-state index contributed by atoms with van der Waals surface area (Å²) in [6.07, 6.45) is 2.63. The second-order valence-electron chi connectivity index (χ2n) is 2.25. The number of rotatable bonds is 3. The molecule has 0 aliphatic carbocycles. The summed E-state index contributed by atoms with van der Waals surface area (Å²) < 4.78 is 0. The van der Waals surface area contributed by atoms with E-state index in [1.807, 2.05) is 0 Å². The molecule has 0 atom stereocenters. The van der Waals surface area contributed by atoms with Gasteiger partial charge < -0.3 is 0 Å². The lowest BCUT2D eigenvalue weighted by Crippen LogP contribution is -2.53. The first-order valence-corrected chi connectivity index (χ1v) is 3.42. The van der Waals surface area contributed by atoms with Gasteiger partial charge >= 0.3 is 0 Å². The Kier molecular flexibility index (Phi) is 2.30. The molecular weight excluding hydrogens is 100 g/mol. The van der Waals surface area contributed by atoms with Crippen LogP contribution in [0, 0.1) is 0 Å². The fourth-order valence-corrected chi connectivity index (χ4v) is 0.810. The Labute approximate surface area is 50.8 Å². The van der Waals surface area contributed by atoms with Gasteiger partial charge in [0.25, 0.3) is 0 Å². The van der Waals surface area contributed by atoms with E-state index in [1.54, 1.807) is 0 Å². The van der Waals surface area contributed by atoms with Crippen LogP contribution in [0.4, 0.5) is 0 Å². The highest BCUT2D eigenvalue weighted by Crippen LogP contribution is 1.95. The van der Waals surface area contributed by atoms with Crippen LogP contribution in [0.25, 0.3) is 0 Å². The molecule has 2 nitrogen and oxygen atoms in total. The SMILES string of the molecule is CCCCN1CCN1. The van der Waals surface area contributed by atoms with Crippen LogP contribution in [0.5, 0.6) is 0 Å². The van der Waals surface area contributed by atoms with Gasteiger partial charge in [0.1, 0.15) is 0 Å². The van der Waals surface area contributed by atoms with Crippen molar-refractivity contribution in [2.75, 3.05) is 19.6 Å². The summed E-state index contributed by atoms with van der Waals surface area (Å²) in [4.78, 5) is 0. The van der Waals surface area contributed by atoms with E-state index in [9.17, 15) is 0 Å². The topological polar surface area (TPSA) is 15.3 Å². The van der Waals surface area contributed by atoms with Crippen LogP contribution in [0.15, 0.2) is 0 Å². The highest BCUT2D eigenvalue weighted by molar-refractivity contribution is 4.62. The minimum absolute atomic E-state index is 1.18. The minimum Gasteiger partial charge on any atom is -0.254 e. The predicted octanol–water partition coefficient (Wildman–Crippen LogP) is 0.607. The van der Waals surface area contributed by atoms with Crippen molar-refractivity contribution in [2.24, 2.45) is 0 Å². The van der Waals surface area contributed by atoms with Crippen LogP contribution in [-0.2, 0) is 0 Å². The van der Waals surface area contributed by atoms with Crippen molar-refractivity contribution in [3.05, 3.63) is 0 Å². The van der Waals surface area contributed by atoms with Gasteiger partial charge in [-0.1, -0.05) is 13.3 Å². The second-order valence-corrected chi connectivity index (χ2v) is 2.25. The Morgan fingerprint density at radius 3 is 2.75 bits per heavy atom. The van der Waals surface area contributed by atoms with Gasteiger partial charge in [-0.15, -0.1) is 0 Å². The highest BCUT2D eigenvalue weighted by atomic mass is 15.6. The van der Waals surface area contributed by atoms with Crippen LogP contribution in [0.3, 0.4) is 0 Å². The van der Waals surface area contributed by atoms with E-state index in [1.165, 1.54) is 32.5 Å². The molecule has 0 aromatic rings. The molecule has 0 aromatic carbocycles. The number of unbranched alkanes of at least 4 members (excludes halogenated alkanes) is 1. The Balaban J connectivity index is 1.86. The van der Waals surface area contributed by atoms with E-state index in [2.05, 4.69) is 17.4 Å². The van der Waals surface area contributed by atoms with Crippen LogP contribution in [-0.4, -0.2) is 24.6 Å². The summed E-state index contributed by atoms with van der Waals surface area (Å²) in [7, 11) is 0. The highest BCUT2D eigenvalue weighted by Gasteiger charge is 2.09. The lowest BCUT2D eigenvalue weighted by atomic mass is 10.3. The Morgan fingerprint density at radius 1 is 1.62 bits per heavy atom. The number of hydrogen-bond acceptors (Lipinski definition) is 2. The summed E-state index contributed by atoms with van der Waals surface area (Å²) in [5, 5.41) is 2.27. The third-order valence-corrected chi connectivity index (χ3v) is 1.50. The Bertz CT molecular complexity index is 59.5. The molecule has 1 aliphatic heterocycles. The van der Waals surface area contributed by atoms with Gasteiger partial charge in [-0.3, -0.25) is 5.43 Å². The van der Waals surface area contributed by atoms with E-state index in [0.717, 1.165) is 0 Å². The van der Waals surface area contributed by atoms with Crippen molar-refractivity contribution < 1.29 is 0 Å². The first-order valence-electron chi connectivity index (χ1n) is 3.42. The second kappa shape index (κ2) is 3.05. The first-order chi connectivity index (χ1) is 3.93. The fraction of sp³-hybridized carbons (Fsp3) is 1.00. The number of nitrogens with zero attached hydrogens (tertiary/aromatic N) is 1. The summed E-state index contributed by atoms with van der Waals surface area (Å²) in [6.45, 7) is 5.89. The van der Waals surface area contributed by atoms with Crippen LogP contribution < -0.4 is 5.43 Å². The molecule has 1 rings (SSSR count). The standard InChI is InChI=1S/C6H14N2/c1-2-3-5-8-6-4-7-8/h7H,2-6H2,1H3. The molecule has 0 unspecified atom stereocenters. The summed E-state index contributed by atoms with van der Waals surface area (Å²) in [5.41, 5.74) is 3.21. The quantitative estimate of drug-likeness (QED) is 0.578. The van der Waals surface area contributed by atoms with Crippen molar-refractivity contribution in [1.82, 2.24) is 10.4 Å². The van der Waals surface area contributed by atoms with Gasteiger partial charge in [-0.2, -0.15) is 0 Å². The molecular formula is C6H14N2. The number of hydrazine groups is 1. The van der Waals surface area contributed by atoms with Crippen LogP contribution in [0.1, 0.15) is 19.8 Å². The molecule has 0 amide bonds. The van der Waals surface area contributed by atoms with Crippen LogP contribution >= 0.6 is 0 Å². The first kappa shape index (κ1) is 6.05. The average Bonchev–Trinajstić information content (AvgIpc) is 1.63. The Morgan fingerprint density at radius 2 is 2.38 bits per heavy atom. The molecule has 0 bridgehead atoms. The zero-order chi connectivity index (χ0) is 5.82. The Hall–Kier alpha value is -0.0800. The van der Waals surface area contributed by atoms with Crippen LogP contribution in [0.2, 0.25) is 0 Å². The van der Waals surface area contributed by atoms with Gasteiger partial charge in [0, 0.05) is 19.6 Å². The van der Waals surface area contributed by atoms with Crippen molar-refractivity contribution in [3.8, 4) is 0 Å². The molecule has 2 heteroatoms. The average molecular weight is 114 g/mol. The van der Waals surface area contributed by atoms with Crippen molar-refractivity contribution in [2.45, 2.75) is 19.8 Å². The molecule has 1 saturated heterocycles. The minimum atomic E-state index is 1.18. The maximum Gasteiger partial charge on any atom is 0.0270 e. The van der Waals surface area contributed by atoms with Gasteiger partial charge in [0.05, 0.1) is 0 Å². The summed E-state index contributed by atoms with van der Waals surface area (Å²) >= 11 is 0. The summed E-state index contributed by atoms with van der Waals surface area (Å²) in [5.74, 6) is 0. The number of hydrogen-bond donors (Lipinski definition) is 1. The maximum absolute atomic E-state index is 3.21. The number of nitrogens with one attached hydrogen (secondary N) is 1. The van der Waals surface area contributed by atoms with E-state index >= 15 is 0 Å². The molecule has 0 radical (unpaired) electrons. The lowest BCUT2D eigenvalue weighted by molar-refractivity contribution is 0.100. The molecule has 0 saturated carbocycles. The predicted molar refractivity (Wildman–Crippen MR) is 34.5 cm³/mol. The van der Waals surface area contributed by atoms with Gasteiger partial charge in [-0.25, -0.2) is 5.01 Å². The van der Waals surface area contributed by atoms with Crippen molar-refractivity contribution >= 4 is 0 Å². The van der Waals surface area contributed by atoms with Gasteiger partial charge in [0.15, 0.2) is 0 Å². The lowest BCUT2D eigenvalue weighted by Gasteiger charge is -2.31. The van der Waals surface area contributed by atoms with Gasteiger partial charge in [-0.05, 0) is 6.42 Å².